The zero-order valence-corrected chi connectivity index (χ0v) is 16.3. The van der Waals surface area contributed by atoms with E-state index >= 15 is 0 Å². The highest BCUT2D eigenvalue weighted by atomic mass is 32.1. The topological polar surface area (TPSA) is 77.4 Å². The van der Waals surface area contributed by atoms with Gasteiger partial charge < -0.3 is 14.6 Å². The Bertz CT molecular complexity index is 793. The second kappa shape index (κ2) is 8.80. The van der Waals surface area contributed by atoms with Gasteiger partial charge in [-0.25, -0.2) is 0 Å². The smallest absolute Gasteiger partial charge is 0.308 e. The van der Waals surface area contributed by atoms with Crippen molar-refractivity contribution in [2.24, 2.45) is 0 Å². The lowest BCUT2D eigenvalue weighted by atomic mass is 10.1. The summed E-state index contributed by atoms with van der Waals surface area (Å²) in [5.74, 6) is -0.965. The van der Waals surface area contributed by atoms with Gasteiger partial charge in [-0.2, -0.15) is 0 Å². The lowest BCUT2D eigenvalue weighted by Gasteiger charge is -2.15. The van der Waals surface area contributed by atoms with Gasteiger partial charge in [0.25, 0.3) is 0 Å². The first-order chi connectivity index (χ1) is 12.3. The van der Waals surface area contributed by atoms with Gasteiger partial charge in [0, 0.05) is 35.3 Å². The molecule has 0 fully saturated rings. The van der Waals surface area contributed by atoms with Gasteiger partial charge in [-0.3, -0.25) is 14.4 Å². The van der Waals surface area contributed by atoms with Gasteiger partial charge in [-0.05, 0) is 38.3 Å². The Morgan fingerprint density at radius 1 is 1.31 bits per heavy atom. The largest absolute Gasteiger partial charge is 0.457 e. The summed E-state index contributed by atoms with van der Waals surface area (Å²) in [6.45, 7) is 7.72. The fourth-order valence-electron chi connectivity index (χ4n) is 2.98. The minimum Gasteiger partial charge on any atom is -0.457 e. The molecule has 2 aromatic rings. The highest BCUT2D eigenvalue weighted by Gasteiger charge is 2.21. The van der Waals surface area contributed by atoms with E-state index in [0.29, 0.717) is 5.56 Å². The zero-order chi connectivity index (χ0) is 19.3. The molecule has 1 atom stereocenters. The van der Waals surface area contributed by atoms with Crippen molar-refractivity contribution in [2.45, 2.75) is 46.7 Å². The number of ether oxygens (including phenoxy) is 1. The van der Waals surface area contributed by atoms with Crippen molar-refractivity contribution < 1.29 is 19.1 Å². The number of esters is 1. The number of ketones is 1. The van der Waals surface area contributed by atoms with E-state index in [-0.39, 0.29) is 24.7 Å². The Hall–Kier alpha value is -2.41. The predicted molar refractivity (Wildman–Crippen MR) is 100 cm³/mol. The Kier molecular flexibility index (Phi) is 6.74. The molecule has 0 saturated carbocycles. The van der Waals surface area contributed by atoms with E-state index in [0.717, 1.165) is 22.8 Å². The maximum Gasteiger partial charge on any atom is 0.308 e. The van der Waals surface area contributed by atoms with Crippen LogP contribution in [0.4, 0.5) is 0 Å². The Labute approximate surface area is 157 Å². The fraction of sp³-hybridized carbons (Fsp3) is 0.421. The van der Waals surface area contributed by atoms with Crippen molar-refractivity contribution >= 4 is 29.0 Å². The molecule has 0 bridgehead atoms. The van der Waals surface area contributed by atoms with Gasteiger partial charge in [0.05, 0.1) is 12.5 Å². The number of rotatable bonds is 8. The number of aryl methyl sites for hydroxylation is 1. The number of Topliss-reactive ketones (excluding diaryl/α,β-unsaturated/α-hetero) is 1. The van der Waals surface area contributed by atoms with Crippen LogP contribution in [0.5, 0.6) is 0 Å². The third-order valence-electron chi connectivity index (χ3n) is 4.19. The number of carbonyl (C=O) groups is 3. The minimum atomic E-state index is -0.519. The first-order valence-electron chi connectivity index (χ1n) is 8.49. The summed E-state index contributed by atoms with van der Waals surface area (Å²) < 4.78 is 7.20. The van der Waals surface area contributed by atoms with Crippen LogP contribution in [0.1, 0.15) is 52.9 Å². The van der Waals surface area contributed by atoms with Crippen LogP contribution in [0.2, 0.25) is 0 Å². The van der Waals surface area contributed by atoms with Crippen LogP contribution in [-0.4, -0.2) is 28.8 Å². The molecule has 2 rings (SSSR count). The number of nitrogens with one attached hydrogen (secondary N) is 1. The fourth-order valence-corrected chi connectivity index (χ4v) is 3.75. The van der Waals surface area contributed by atoms with E-state index in [4.69, 9.17) is 4.74 Å². The molecule has 2 heterocycles. The molecule has 140 valence electrons. The van der Waals surface area contributed by atoms with Crippen molar-refractivity contribution in [3.8, 4) is 0 Å². The predicted octanol–water partition coefficient (Wildman–Crippen LogP) is 3.18. The highest BCUT2D eigenvalue weighted by Crippen LogP contribution is 2.22. The summed E-state index contributed by atoms with van der Waals surface area (Å²) in [6.07, 6.45) is -0.0125. The molecule has 7 heteroatoms. The SMILES string of the molecule is CCn1c(C)cc(C(=O)COC(=O)CC(NC(C)=O)c2cccs2)c1C. The molecule has 0 aliphatic heterocycles. The third-order valence-corrected chi connectivity index (χ3v) is 5.18. The lowest BCUT2D eigenvalue weighted by Crippen LogP contribution is -2.28. The molecule has 0 saturated heterocycles. The zero-order valence-electron chi connectivity index (χ0n) is 15.5. The van der Waals surface area contributed by atoms with E-state index in [1.54, 1.807) is 0 Å². The number of hydrogen-bond acceptors (Lipinski definition) is 5. The van der Waals surface area contributed by atoms with Gasteiger partial charge in [0.2, 0.25) is 11.7 Å². The van der Waals surface area contributed by atoms with Gasteiger partial charge in [-0.1, -0.05) is 6.07 Å². The maximum absolute atomic E-state index is 12.4. The van der Waals surface area contributed by atoms with Crippen molar-refractivity contribution in [2.75, 3.05) is 6.61 Å². The van der Waals surface area contributed by atoms with Gasteiger partial charge >= 0.3 is 5.97 Å². The summed E-state index contributed by atoms with van der Waals surface area (Å²) in [5.41, 5.74) is 2.46. The Balaban J connectivity index is 1.97. The lowest BCUT2D eigenvalue weighted by molar-refractivity contribution is -0.143. The molecule has 0 radical (unpaired) electrons. The summed E-state index contributed by atoms with van der Waals surface area (Å²) in [6, 6.07) is 5.08. The van der Waals surface area contributed by atoms with Crippen molar-refractivity contribution in [3.63, 3.8) is 0 Å². The monoisotopic (exact) mass is 376 g/mol. The van der Waals surface area contributed by atoms with Crippen LogP contribution < -0.4 is 5.32 Å². The Morgan fingerprint density at radius 3 is 2.58 bits per heavy atom. The molecule has 0 spiro atoms. The second-order valence-corrected chi connectivity index (χ2v) is 7.06. The van der Waals surface area contributed by atoms with E-state index in [1.165, 1.54) is 18.3 Å². The molecular formula is C19H24N2O4S. The Morgan fingerprint density at radius 2 is 2.04 bits per heavy atom. The molecule has 6 nitrogen and oxygen atoms in total. The van der Waals surface area contributed by atoms with Crippen molar-refractivity contribution in [1.82, 2.24) is 9.88 Å². The second-order valence-electron chi connectivity index (χ2n) is 6.09. The number of amides is 1. The average molecular weight is 376 g/mol. The first-order valence-corrected chi connectivity index (χ1v) is 9.37. The van der Waals surface area contributed by atoms with E-state index in [9.17, 15) is 14.4 Å². The molecule has 0 aliphatic carbocycles. The minimum absolute atomic E-state index is 0.0125. The number of carbonyl (C=O) groups excluding carboxylic acids is 3. The van der Waals surface area contributed by atoms with Crippen molar-refractivity contribution in [1.29, 1.82) is 0 Å². The molecule has 1 N–H and O–H groups in total. The standard InChI is InChI=1S/C19H24N2O4S/c1-5-21-12(2)9-15(13(21)3)17(23)11-25-19(24)10-16(20-14(4)22)18-7-6-8-26-18/h6-9,16H,5,10-11H2,1-4H3,(H,20,22). The van der Waals surface area contributed by atoms with Gasteiger partial charge in [-0.15, -0.1) is 11.3 Å². The van der Waals surface area contributed by atoms with Crippen LogP contribution in [0.3, 0.4) is 0 Å². The quantitative estimate of drug-likeness (QED) is 0.567. The van der Waals surface area contributed by atoms with Crippen LogP contribution in [0.25, 0.3) is 0 Å². The van der Waals surface area contributed by atoms with Crippen LogP contribution in [0.15, 0.2) is 23.6 Å². The maximum atomic E-state index is 12.4. The molecule has 0 aromatic carbocycles. The number of thiophene rings is 1. The van der Waals surface area contributed by atoms with Gasteiger partial charge in [0.1, 0.15) is 0 Å². The summed E-state index contributed by atoms with van der Waals surface area (Å²) in [5, 5.41) is 4.62. The average Bonchev–Trinajstić information content (AvgIpc) is 3.20. The molecule has 1 unspecified atom stereocenters. The molecule has 2 aromatic heterocycles. The van der Waals surface area contributed by atoms with Crippen LogP contribution in [0, 0.1) is 13.8 Å². The van der Waals surface area contributed by atoms with Crippen LogP contribution >= 0.6 is 11.3 Å². The first kappa shape index (κ1) is 19.9. The summed E-state index contributed by atoms with van der Waals surface area (Å²) in [4.78, 5) is 36.8. The summed E-state index contributed by atoms with van der Waals surface area (Å²) in [7, 11) is 0. The molecular weight excluding hydrogens is 352 g/mol. The number of aromatic nitrogens is 1. The van der Waals surface area contributed by atoms with E-state index in [1.807, 2.05) is 48.9 Å². The van der Waals surface area contributed by atoms with Gasteiger partial charge in [0.15, 0.2) is 6.61 Å². The molecule has 0 aliphatic rings. The third kappa shape index (κ3) is 4.82. The van der Waals surface area contributed by atoms with Crippen LogP contribution in [-0.2, 0) is 20.9 Å². The summed E-state index contributed by atoms with van der Waals surface area (Å²) >= 11 is 1.45. The normalized spacial score (nSPS) is 11.8. The number of hydrogen-bond donors (Lipinski definition) is 1. The molecule has 1 amide bonds. The molecule has 26 heavy (non-hydrogen) atoms. The highest BCUT2D eigenvalue weighted by molar-refractivity contribution is 7.10. The van der Waals surface area contributed by atoms with E-state index < -0.39 is 12.0 Å². The van der Waals surface area contributed by atoms with Crippen molar-refractivity contribution in [3.05, 3.63) is 45.4 Å². The van der Waals surface area contributed by atoms with E-state index in [2.05, 4.69) is 5.32 Å². The number of nitrogens with zero attached hydrogens (tertiary/aromatic N) is 1.